The van der Waals surface area contributed by atoms with Gasteiger partial charge in [-0.1, -0.05) is 47.9 Å². The summed E-state index contributed by atoms with van der Waals surface area (Å²) in [6.45, 7) is 0. The zero-order valence-corrected chi connectivity index (χ0v) is 10.8. The molecular formula is C15H16BNO2. The maximum absolute atomic E-state index is 11.3. The van der Waals surface area contributed by atoms with Gasteiger partial charge in [-0.15, -0.1) is 0 Å². The van der Waals surface area contributed by atoms with Crippen LogP contribution in [0.5, 0.6) is 0 Å². The van der Waals surface area contributed by atoms with Crippen LogP contribution < -0.4 is 10.8 Å². The van der Waals surface area contributed by atoms with Crippen molar-refractivity contribution in [2.75, 3.05) is 5.32 Å². The number of aliphatic carboxylic acids is 1. The smallest absolute Gasteiger partial charge is 0.326 e. The van der Waals surface area contributed by atoms with E-state index in [1.54, 1.807) is 0 Å². The standard InChI is InChI=1S/C15H16BNO2/c16-12-6-8-13(9-7-12)17-14(15(18)19)10-11-4-2-1-3-5-11/h1-9,14,17H,10,16H2,(H,18,19)/t14-/m0/s1. The fraction of sp³-hybridized carbons (Fsp3) is 0.133. The number of hydrogen-bond acceptors (Lipinski definition) is 2. The minimum atomic E-state index is -0.843. The van der Waals surface area contributed by atoms with Crippen LogP contribution in [-0.4, -0.2) is 25.0 Å². The van der Waals surface area contributed by atoms with Crippen molar-refractivity contribution in [3.63, 3.8) is 0 Å². The van der Waals surface area contributed by atoms with Gasteiger partial charge in [-0.05, 0) is 17.7 Å². The number of rotatable bonds is 5. The highest BCUT2D eigenvalue weighted by atomic mass is 16.4. The SMILES string of the molecule is Bc1ccc(N[C@@H](Cc2ccccc2)C(=O)O)cc1. The van der Waals surface area contributed by atoms with Crippen molar-refractivity contribution in [1.29, 1.82) is 0 Å². The molecule has 4 heteroatoms. The van der Waals surface area contributed by atoms with Gasteiger partial charge in [0.15, 0.2) is 0 Å². The van der Waals surface area contributed by atoms with E-state index in [4.69, 9.17) is 0 Å². The summed E-state index contributed by atoms with van der Waals surface area (Å²) in [6, 6.07) is 16.7. The Labute approximate surface area is 113 Å². The Morgan fingerprint density at radius 3 is 2.32 bits per heavy atom. The van der Waals surface area contributed by atoms with Crippen molar-refractivity contribution < 1.29 is 9.90 Å². The molecule has 0 spiro atoms. The monoisotopic (exact) mass is 253 g/mol. The third-order valence-electron chi connectivity index (χ3n) is 2.97. The highest BCUT2D eigenvalue weighted by Crippen LogP contribution is 2.10. The van der Waals surface area contributed by atoms with Gasteiger partial charge in [0.1, 0.15) is 13.9 Å². The second-order valence-electron chi connectivity index (χ2n) is 4.59. The number of carbonyl (C=O) groups is 1. The fourth-order valence-electron chi connectivity index (χ4n) is 1.90. The third kappa shape index (κ3) is 3.88. The predicted octanol–water partition coefficient (Wildman–Crippen LogP) is 1.05. The Balaban J connectivity index is 2.08. The second-order valence-corrected chi connectivity index (χ2v) is 4.59. The molecule has 96 valence electrons. The highest BCUT2D eigenvalue weighted by Gasteiger charge is 2.17. The van der Waals surface area contributed by atoms with Crippen molar-refractivity contribution in [2.45, 2.75) is 12.5 Å². The summed E-state index contributed by atoms with van der Waals surface area (Å²) < 4.78 is 0. The van der Waals surface area contributed by atoms with Crippen LogP contribution in [0, 0.1) is 0 Å². The van der Waals surface area contributed by atoms with Crippen molar-refractivity contribution >= 4 is 25.0 Å². The molecule has 19 heavy (non-hydrogen) atoms. The predicted molar refractivity (Wildman–Crippen MR) is 79.8 cm³/mol. The molecule has 0 aliphatic heterocycles. The molecule has 0 unspecified atom stereocenters. The van der Waals surface area contributed by atoms with E-state index < -0.39 is 12.0 Å². The van der Waals surface area contributed by atoms with E-state index in [0.29, 0.717) is 6.42 Å². The Kier molecular flexibility index (Phi) is 4.24. The molecule has 0 amide bonds. The van der Waals surface area contributed by atoms with Gasteiger partial charge in [-0.3, -0.25) is 0 Å². The zero-order chi connectivity index (χ0) is 13.7. The average molecular weight is 253 g/mol. The van der Waals surface area contributed by atoms with Crippen molar-refractivity contribution in [1.82, 2.24) is 0 Å². The van der Waals surface area contributed by atoms with Gasteiger partial charge in [-0.25, -0.2) is 4.79 Å². The Morgan fingerprint density at radius 1 is 1.11 bits per heavy atom. The van der Waals surface area contributed by atoms with Crippen LogP contribution >= 0.6 is 0 Å². The van der Waals surface area contributed by atoms with Crippen molar-refractivity contribution in [3.8, 4) is 0 Å². The first-order valence-corrected chi connectivity index (χ1v) is 6.25. The lowest BCUT2D eigenvalue weighted by molar-refractivity contribution is -0.137. The van der Waals surface area contributed by atoms with Gasteiger partial charge < -0.3 is 10.4 Å². The summed E-state index contributed by atoms with van der Waals surface area (Å²) in [5.41, 5.74) is 2.99. The maximum Gasteiger partial charge on any atom is 0.326 e. The van der Waals surface area contributed by atoms with E-state index >= 15 is 0 Å². The molecule has 2 N–H and O–H groups in total. The van der Waals surface area contributed by atoms with E-state index in [-0.39, 0.29) is 0 Å². The molecule has 3 nitrogen and oxygen atoms in total. The minimum absolute atomic E-state index is 0.462. The van der Waals surface area contributed by atoms with Crippen LogP contribution in [0.3, 0.4) is 0 Å². The molecule has 0 aromatic heterocycles. The van der Waals surface area contributed by atoms with Crippen molar-refractivity contribution in [2.24, 2.45) is 0 Å². The van der Waals surface area contributed by atoms with Gasteiger partial charge in [0.05, 0.1) is 0 Å². The largest absolute Gasteiger partial charge is 0.480 e. The Bertz CT molecular complexity index is 540. The number of nitrogens with one attached hydrogen (secondary N) is 1. The van der Waals surface area contributed by atoms with E-state index in [9.17, 15) is 9.90 Å². The summed E-state index contributed by atoms with van der Waals surface area (Å²) in [7, 11) is 2.00. The number of hydrogen-bond donors (Lipinski definition) is 2. The molecule has 2 rings (SSSR count). The van der Waals surface area contributed by atoms with Crippen LogP contribution in [0.25, 0.3) is 0 Å². The number of benzene rings is 2. The van der Waals surface area contributed by atoms with Crippen LogP contribution in [0.1, 0.15) is 5.56 Å². The van der Waals surface area contributed by atoms with Crippen LogP contribution in [0.15, 0.2) is 54.6 Å². The molecule has 0 aliphatic rings. The maximum atomic E-state index is 11.3. The lowest BCUT2D eigenvalue weighted by atomic mass is 9.96. The molecule has 0 bridgehead atoms. The van der Waals surface area contributed by atoms with E-state index in [0.717, 1.165) is 16.7 Å². The topological polar surface area (TPSA) is 49.3 Å². The van der Waals surface area contributed by atoms with E-state index in [1.165, 1.54) is 0 Å². The molecule has 2 aromatic carbocycles. The number of carboxylic acid groups (broad SMARTS) is 1. The Morgan fingerprint density at radius 2 is 1.74 bits per heavy atom. The molecule has 0 fully saturated rings. The normalized spacial score (nSPS) is 11.8. The average Bonchev–Trinajstić information content (AvgIpc) is 2.41. The summed E-state index contributed by atoms with van der Waals surface area (Å²) in [5, 5.41) is 12.3. The summed E-state index contributed by atoms with van der Waals surface area (Å²) in [4.78, 5) is 11.3. The molecule has 2 aromatic rings. The molecule has 0 aliphatic carbocycles. The Hall–Kier alpha value is -2.23. The molecule has 1 atom stereocenters. The summed E-state index contributed by atoms with van der Waals surface area (Å²) >= 11 is 0. The lowest BCUT2D eigenvalue weighted by Gasteiger charge is -2.16. The minimum Gasteiger partial charge on any atom is -0.480 e. The molecule has 0 saturated heterocycles. The highest BCUT2D eigenvalue weighted by molar-refractivity contribution is 6.32. The van der Waals surface area contributed by atoms with Gasteiger partial charge in [0.2, 0.25) is 0 Å². The van der Waals surface area contributed by atoms with Crippen LogP contribution in [0.4, 0.5) is 5.69 Å². The van der Waals surface area contributed by atoms with Gasteiger partial charge in [0, 0.05) is 12.1 Å². The third-order valence-corrected chi connectivity index (χ3v) is 2.97. The first kappa shape index (κ1) is 13.2. The van der Waals surface area contributed by atoms with Gasteiger partial charge >= 0.3 is 5.97 Å². The number of anilines is 1. The number of carboxylic acids is 1. The molecular weight excluding hydrogens is 237 g/mol. The van der Waals surface area contributed by atoms with Gasteiger partial charge in [0.25, 0.3) is 0 Å². The quantitative estimate of drug-likeness (QED) is 0.783. The molecule has 0 radical (unpaired) electrons. The second kappa shape index (κ2) is 6.09. The molecule has 0 saturated carbocycles. The first-order valence-electron chi connectivity index (χ1n) is 6.25. The fourth-order valence-corrected chi connectivity index (χ4v) is 1.90. The van der Waals surface area contributed by atoms with E-state index in [1.807, 2.05) is 62.4 Å². The van der Waals surface area contributed by atoms with Crippen molar-refractivity contribution in [3.05, 3.63) is 60.2 Å². The zero-order valence-electron chi connectivity index (χ0n) is 10.8. The van der Waals surface area contributed by atoms with Crippen LogP contribution in [0.2, 0.25) is 0 Å². The van der Waals surface area contributed by atoms with Gasteiger partial charge in [-0.2, -0.15) is 0 Å². The summed E-state index contributed by atoms with van der Waals surface area (Å²) in [5.74, 6) is -0.843. The molecule has 0 heterocycles. The first-order chi connectivity index (χ1) is 9.15. The summed E-state index contributed by atoms with van der Waals surface area (Å²) in [6.07, 6.45) is 0.462. The lowest BCUT2D eigenvalue weighted by Crippen LogP contribution is -2.31. The van der Waals surface area contributed by atoms with Crippen LogP contribution in [-0.2, 0) is 11.2 Å². The van der Waals surface area contributed by atoms with E-state index in [2.05, 4.69) is 5.32 Å².